The third-order valence-corrected chi connectivity index (χ3v) is 7.53. The van der Waals surface area contributed by atoms with E-state index in [4.69, 9.17) is 0 Å². The predicted molar refractivity (Wildman–Crippen MR) is 109 cm³/mol. The molecule has 3 aromatic rings. The number of likely N-dealkylation sites (tertiary alicyclic amines) is 1. The maximum Gasteiger partial charge on any atom is 0.223 e. The number of nitrogens with one attached hydrogen (secondary N) is 1. The van der Waals surface area contributed by atoms with E-state index in [1.54, 1.807) is 11.3 Å². The second-order valence-corrected chi connectivity index (χ2v) is 9.34. The maximum atomic E-state index is 12.5. The number of piperidine rings is 1. The van der Waals surface area contributed by atoms with Crippen molar-refractivity contribution in [2.45, 2.75) is 32.4 Å². The van der Waals surface area contributed by atoms with E-state index in [1.165, 1.54) is 22.2 Å². The molecule has 3 heterocycles. The lowest BCUT2D eigenvalue weighted by atomic mass is 9.90. The normalized spacial score (nSPS) is 21.6. The molecule has 1 saturated carbocycles. The lowest BCUT2D eigenvalue weighted by Crippen LogP contribution is -2.36. The van der Waals surface area contributed by atoms with Crippen molar-refractivity contribution in [1.82, 2.24) is 19.0 Å². The van der Waals surface area contributed by atoms with Crippen molar-refractivity contribution in [3.8, 4) is 0 Å². The van der Waals surface area contributed by atoms with Crippen LogP contribution in [0.15, 0.2) is 35.7 Å². The molecule has 2 fully saturated rings. The summed E-state index contributed by atoms with van der Waals surface area (Å²) in [5.74, 6) is 0.468. The van der Waals surface area contributed by atoms with Crippen molar-refractivity contribution >= 4 is 40.0 Å². The molecule has 1 amide bonds. The highest BCUT2D eigenvalue weighted by Crippen LogP contribution is 2.59. The molecule has 1 aromatic carbocycles. The van der Waals surface area contributed by atoms with Gasteiger partial charge in [-0.3, -0.25) is 9.69 Å². The van der Waals surface area contributed by atoms with Gasteiger partial charge in [0.25, 0.3) is 0 Å². The second-order valence-electron chi connectivity index (χ2n) is 7.78. The minimum absolute atomic E-state index is 0.219. The van der Waals surface area contributed by atoms with Crippen LogP contribution in [0.5, 0.6) is 0 Å². The highest BCUT2D eigenvalue weighted by atomic mass is 32.1. The summed E-state index contributed by atoms with van der Waals surface area (Å²) in [4.78, 5) is 16.2. The zero-order valence-corrected chi connectivity index (χ0v) is 16.7. The monoisotopic (exact) mass is 398 g/mol. The molecule has 2 aliphatic rings. The third-order valence-electron chi connectivity index (χ3n) is 6.10. The number of fused-ring (bicyclic) bond motifs is 1. The minimum Gasteiger partial charge on any atom is -0.351 e. The number of hydrogen-bond donors (Lipinski definition) is 1. The van der Waals surface area contributed by atoms with Crippen molar-refractivity contribution < 1.29 is 4.79 Å². The van der Waals surface area contributed by atoms with Crippen molar-refractivity contribution in [1.29, 1.82) is 0 Å². The Bertz CT molecular complexity index is 944. The fourth-order valence-electron chi connectivity index (χ4n) is 4.32. The van der Waals surface area contributed by atoms with Crippen LogP contribution in [0, 0.1) is 11.3 Å². The molecule has 27 heavy (non-hydrogen) atoms. The van der Waals surface area contributed by atoms with Crippen molar-refractivity contribution in [2.75, 3.05) is 13.1 Å². The zero-order valence-electron chi connectivity index (χ0n) is 15.1. The highest BCUT2D eigenvalue weighted by Gasteiger charge is 2.58. The topological polar surface area (TPSA) is 58.1 Å². The second kappa shape index (κ2) is 6.96. The van der Waals surface area contributed by atoms with Gasteiger partial charge in [0.2, 0.25) is 5.91 Å². The van der Waals surface area contributed by atoms with Crippen LogP contribution in [0.2, 0.25) is 0 Å². The van der Waals surface area contributed by atoms with Gasteiger partial charge in [0.1, 0.15) is 11.0 Å². The average Bonchev–Trinajstić information content (AvgIpc) is 3.07. The van der Waals surface area contributed by atoms with Crippen molar-refractivity contribution in [3.05, 3.63) is 46.2 Å². The number of carbonyl (C=O) groups excluding carboxylic acids is 1. The van der Waals surface area contributed by atoms with Crippen LogP contribution in [0.4, 0.5) is 0 Å². The summed E-state index contributed by atoms with van der Waals surface area (Å²) in [6.07, 6.45) is 3.32. The average molecular weight is 399 g/mol. The molecule has 0 bridgehead atoms. The SMILES string of the molecule is O=C(NCc1cccs1)C1CC12CCN(Cc1ccc3nsnc3c1)CC2. The first-order chi connectivity index (χ1) is 13.2. The van der Waals surface area contributed by atoms with Crippen LogP contribution in [0.3, 0.4) is 0 Å². The fourth-order valence-corrected chi connectivity index (χ4v) is 5.48. The summed E-state index contributed by atoms with van der Waals surface area (Å²) >= 11 is 2.97. The summed E-state index contributed by atoms with van der Waals surface area (Å²) in [5.41, 5.74) is 3.54. The maximum absolute atomic E-state index is 12.5. The molecule has 5 rings (SSSR count). The first kappa shape index (κ1) is 17.3. The molecular weight excluding hydrogens is 376 g/mol. The van der Waals surface area contributed by atoms with Crippen LogP contribution < -0.4 is 5.32 Å². The predicted octanol–water partition coefficient (Wildman–Crippen LogP) is 3.67. The first-order valence-corrected chi connectivity index (χ1v) is 11.1. The van der Waals surface area contributed by atoms with E-state index in [0.717, 1.165) is 49.9 Å². The first-order valence-electron chi connectivity index (χ1n) is 9.46. The summed E-state index contributed by atoms with van der Waals surface area (Å²) in [5, 5.41) is 5.18. The molecule has 1 saturated heterocycles. The lowest BCUT2D eigenvalue weighted by Gasteiger charge is -2.32. The van der Waals surface area contributed by atoms with Crippen LogP contribution in [0.1, 0.15) is 29.7 Å². The van der Waals surface area contributed by atoms with Crippen molar-refractivity contribution in [3.63, 3.8) is 0 Å². The standard InChI is InChI=1S/C20H22N4OS2/c25-19(21-12-15-2-1-9-26-15)16-11-20(16)5-7-24(8-6-20)13-14-3-4-17-18(10-14)23-27-22-17/h1-4,9-10,16H,5-8,11-13H2,(H,21,25). The Kier molecular flexibility index (Phi) is 4.46. The van der Waals surface area contributed by atoms with E-state index < -0.39 is 0 Å². The molecular formula is C20H22N4OS2. The summed E-state index contributed by atoms with van der Waals surface area (Å²) < 4.78 is 8.61. The Morgan fingerprint density at radius 3 is 2.89 bits per heavy atom. The summed E-state index contributed by atoms with van der Waals surface area (Å²) in [7, 11) is 0. The number of carbonyl (C=O) groups is 1. The van der Waals surface area contributed by atoms with E-state index in [2.05, 4.69) is 48.6 Å². The smallest absolute Gasteiger partial charge is 0.223 e. The van der Waals surface area contributed by atoms with E-state index in [-0.39, 0.29) is 17.2 Å². The minimum atomic E-state index is 0.219. The molecule has 1 N–H and O–H groups in total. The largest absolute Gasteiger partial charge is 0.351 e. The summed E-state index contributed by atoms with van der Waals surface area (Å²) in [6.45, 7) is 3.77. The number of nitrogens with zero attached hydrogens (tertiary/aromatic N) is 3. The number of benzene rings is 1. The number of thiophene rings is 1. The molecule has 1 aliphatic carbocycles. The van der Waals surface area contributed by atoms with Crippen LogP contribution in [-0.2, 0) is 17.9 Å². The van der Waals surface area contributed by atoms with Gasteiger partial charge in [-0.15, -0.1) is 11.3 Å². The Morgan fingerprint density at radius 1 is 1.22 bits per heavy atom. The van der Waals surface area contributed by atoms with Gasteiger partial charge >= 0.3 is 0 Å². The molecule has 7 heteroatoms. The van der Waals surface area contributed by atoms with Gasteiger partial charge in [-0.2, -0.15) is 8.75 Å². The van der Waals surface area contributed by atoms with Gasteiger partial charge in [-0.1, -0.05) is 12.1 Å². The number of amides is 1. The molecule has 5 nitrogen and oxygen atoms in total. The van der Waals surface area contributed by atoms with Gasteiger partial charge in [0, 0.05) is 17.3 Å². The number of hydrogen-bond acceptors (Lipinski definition) is 6. The van der Waals surface area contributed by atoms with Gasteiger partial charge < -0.3 is 5.32 Å². The van der Waals surface area contributed by atoms with Crippen LogP contribution in [-0.4, -0.2) is 32.6 Å². The van der Waals surface area contributed by atoms with Gasteiger partial charge in [-0.25, -0.2) is 0 Å². The lowest BCUT2D eigenvalue weighted by molar-refractivity contribution is -0.123. The Labute approximate surface area is 166 Å². The molecule has 1 atom stereocenters. The van der Waals surface area contributed by atoms with Gasteiger partial charge in [-0.05, 0) is 66.9 Å². The summed E-state index contributed by atoms with van der Waals surface area (Å²) in [6, 6.07) is 10.5. The Morgan fingerprint density at radius 2 is 2.07 bits per heavy atom. The molecule has 0 radical (unpaired) electrons. The van der Waals surface area contributed by atoms with Gasteiger partial charge in [0.05, 0.1) is 18.3 Å². The van der Waals surface area contributed by atoms with Gasteiger partial charge in [0.15, 0.2) is 0 Å². The Balaban J connectivity index is 1.13. The van der Waals surface area contributed by atoms with E-state index in [1.807, 2.05) is 6.07 Å². The van der Waals surface area contributed by atoms with E-state index in [9.17, 15) is 4.79 Å². The van der Waals surface area contributed by atoms with E-state index >= 15 is 0 Å². The molecule has 1 unspecified atom stereocenters. The van der Waals surface area contributed by atoms with Crippen molar-refractivity contribution in [2.24, 2.45) is 11.3 Å². The molecule has 1 aliphatic heterocycles. The Hall–Kier alpha value is -1.83. The fraction of sp³-hybridized carbons (Fsp3) is 0.450. The molecule has 2 aromatic heterocycles. The zero-order chi connectivity index (χ0) is 18.3. The van der Waals surface area contributed by atoms with E-state index in [0.29, 0.717) is 6.54 Å². The number of aromatic nitrogens is 2. The third kappa shape index (κ3) is 3.51. The van der Waals surface area contributed by atoms with Crippen LogP contribution in [0.25, 0.3) is 11.0 Å². The van der Waals surface area contributed by atoms with Crippen LogP contribution >= 0.6 is 23.1 Å². The molecule has 140 valence electrons. The number of rotatable bonds is 5. The highest BCUT2D eigenvalue weighted by molar-refractivity contribution is 7.09. The quantitative estimate of drug-likeness (QED) is 0.712. The molecule has 1 spiro atoms.